The molecule has 0 atom stereocenters. The highest BCUT2D eigenvalue weighted by atomic mass is 32.1. The predicted octanol–water partition coefficient (Wildman–Crippen LogP) is 4.13. The fraction of sp³-hybridized carbons (Fsp3) is 0.0909. The summed E-state index contributed by atoms with van der Waals surface area (Å²) in [6.45, 7) is 1.88. The summed E-state index contributed by atoms with van der Waals surface area (Å²) in [5, 5.41) is 16.0. The van der Waals surface area contributed by atoms with Crippen LogP contribution in [0.2, 0.25) is 0 Å². The molecule has 2 aromatic heterocycles. The standard InChI is InChI=1S/C22H18N4O2S/c1-14-24-18(13-29-14)20-23-12-17(22(28)26-20)21(27)25-19(15-8-4-2-5-9-15)16-10-6-3-7-11-16/h2-13,19H,1H3,(H,25,27)(H,23,26,28). The summed E-state index contributed by atoms with van der Waals surface area (Å²) >= 11 is 1.47. The van der Waals surface area contributed by atoms with Gasteiger partial charge in [0.2, 0.25) is 5.88 Å². The molecule has 144 valence electrons. The largest absolute Gasteiger partial charge is 0.493 e. The van der Waals surface area contributed by atoms with Gasteiger partial charge in [-0.05, 0) is 18.1 Å². The van der Waals surface area contributed by atoms with E-state index in [9.17, 15) is 9.90 Å². The smallest absolute Gasteiger partial charge is 0.259 e. The third-order valence-electron chi connectivity index (χ3n) is 4.40. The molecule has 2 heterocycles. The van der Waals surface area contributed by atoms with Gasteiger partial charge in [-0.2, -0.15) is 4.98 Å². The van der Waals surface area contributed by atoms with E-state index in [1.165, 1.54) is 17.5 Å². The van der Waals surface area contributed by atoms with Crippen molar-refractivity contribution in [2.75, 3.05) is 0 Å². The zero-order valence-electron chi connectivity index (χ0n) is 15.6. The average Bonchev–Trinajstić information content (AvgIpc) is 3.19. The van der Waals surface area contributed by atoms with Crippen molar-refractivity contribution in [1.82, 2.24) is 20.3 Å². The maximum Gasteiger partial charge on any atom is 0.259 e. The van der Waals surface area contributed by atoms with Gasteiger partial charge in [0.1, 0.15) is 11.3 Å². The summed E-state index contributed by atoms with van der Waals surface area (Å²) in [5.74, 6) is -0.551. The molecule has 0 saturated carbocycles. The van der Waals surface area contributed by atoms with E-state index in [1.807, 2.05) is 73.0 Å². The second kappa shape index (κ2) is 8.20. The number of nitrogens with zero attached hydrogens (tertiary/aromatic N) is 3. The van der Waals surface area contributed by atoms with Crippen molar-refractivity contribution in [2.24, 2.45) is 0 Å². The minimum Gasteiger partial charge on any atom is -0.493 e. The Kier molecular flexibility index (Phi) is 5.31. The topological polar surface area (TPSA) is 88.0 Å². The molecule has 6 nitrogen and oxygen atoms in total. The van der Waals surface area contributed by atoms with Gasteiger partial charge in [-0.3, -0.25) is 4.79 Å². The maximum absolute atomic E-state index is 12.9. The lowest BCUT2D eigenvalue weighted by molar-refractivity contribution is 0.0939. The van der Waals surface area contributed by atoms with Gasteiger partial charge in [-0.25, -0.2) is 9.97 Å². The SMILES string of the molecule is Cc1nc(-c2ncc(C(=O)NC(c3ccccc3)c3ccccc3)c(O)n2)cs1. The van der Waals surface area contributed by atoms with Crippen LogP contribution in [-0.2, 0) is 0 Å². The fourth-order valence-electron chi connectivity index (χ4n) is 2.98. The zero-order valence-corrected chi connectivity index (χ0v) is 16.4. The lowest BCUT2D eigenvalue weighted by atomic mass is 9.98. The Morgan fingerprint density at radius 1 is 1.00 bits per heavy atom. The first kappa shape index (κ1) is 18.8. The van der Waals surface area contributed by atoms with Crippen LogP contribution >= 0.6 is 11.3 Å². The van der Waals surface area contributed by atoms with Crippen LogP contribution in [0.3, 0.4) is 0 Å². The number of thiazole rings is 1. The van der Waals surface area contributed by atoms with Gasteiger partial charge in [0.25, 0.3) is 5.91 Å². The Morgan fingerprint density at radius 3 is 2.14 bits per heavy atom. The molecule has 0 unspecified atom stereocenters. The Labute approximate surface area is 172 Å². The number of rotatable bonds is 5. The summed E-state index contributed by atoms with van der Waals surface area (Å²) < 4.78 is 0. The molecule has 4 aromatic rings. The third-order valence-corrected chi connectivity index (χ3v) is 5.18. The molecule has 0 aliphatic carbocycles. The van der Waals surface area contributed by atoms with E-state index in [2.05, 4.69) is 20.3 Å². The van der Waals surface area contributed by atoms with Crippen molar-refractivity contribution >= 4 is 17.2 Å². The van der Waals surface area contributed by atoms with Gasteiger partial charge in [0.15, 0.2) is 5.82 Å². The molecule has 0 aliphatic rings. The summed E-state index contributed by atoms with van der Waals surface area (Å²) in [6.07, 6.45) is 1.33. The van der Waals surface area contributed by atoms with Crippen LogP contribution in [0, 0.1) is 6.92 Å². The molecule has 2 N–H and O–H groups in total. The summed E-state index contributed by atoms with van der Waals surface area (Å²) in [4.78, 5) is 25.5. The first-order valence-corrected chi connectivity index (χ1v) is 9.89. The van der Waals surface area contributed by atoms with Crippen molar-refractivity contribution in [3.8, 4) is 17.4 Å². The van der Waals surface area contributed by atoms with E-state index in [0.717, 1.165) is 16.1 Å². The second-order valence-corrected chi connectivity index (χ2v) is 7.47. The van der Waals surface area contributed by atoms with Crippen molar-refractivity contribution in [1.29, 1.82) is 0 Å². The summed E-state index contributed by atoms with van der Waals surface area (Å²) in [5.41, 5.74) is 2.45. The van der Waals surface area contributed by atoms with Crippen LogP contribution < -0.4 is 5.32 Å². The van der Waals surface area contributed by atoms with Crippen LogP contribution in [-0.4, -0.2) is 26.0 Å². The number of aromatic hydroxyl groups is 1. The molecular weight excluding hydrogens is 384 g/mol. The molecular formula is C22H18N4O2S. The third kappa shape index (κ3) is 4.14. The van der Waals surface area contributed by atoms with E-state index < -0.39 is 5.91 Å². The first-order chi connectivity index (χ1) is 14.1. The van der Waals surface area contributed by atoms with E-state index in [4.69, 9.17) is 0 Å². The highest BCUT2D eigenvalue weighted by Crippen LogP contribution is 2.25. The lowest BCUT2D eigenvalue weighted by Crippen LogP contribution is -2.29. The Bertz CT molecular complexity index is 1090. The van der Waals surface area contributed by atoms with E-state index in [0.29, 0.717) is 5.69 Å². The Hall–Kier alpha value is -3.58. The molecule has 29 heavy (non-hydrogen) atoms. The number of benzene rings is 2. The van der Waals surface area contributed by atoms with Crippen LogP contribution in [0.1, 0.15) is 32.5 Å². The summed E-state index contributed by atoms with van der Waals surface area (Å²) in [6, 6.07) is 18.9. The van der Waals surface area contributed by atoms with Crippen LogP contribution in [0.5, 0.6) is 5.88 Å². The molecule has 0 spiro atoms. The van der Waals surface area contributed by atoms with Crippen LogP contribution in [0.25, 0.3) is 11.5 Å². The molecule has 4 rings (SSSR count). The molecule has 2 aromatic carbocycles. The molecule has 0 radical (unpaired) electrons. The number of hydrogen-bond acceptors (Lipinski definition) is 6. The van der Waals surface area contributed by atoms with Gasteiger partial charge in [0, 0.05) is 11.6 Å². The number of aromatic nitrogens is 3. The first-order valence-electron chi connectivity index (χ1n) is 9.01. The number of amides is 1. The van der Waals surface area contributed by atoms with Crippen molar-refractivity contribution in [3.63, 3.8) is 0 Å². The van der Waals surface area contributed by atoms with Gasteiger partial charge in [0.05, 0.1) is 11.0 Å². The van der Waals surface area contributed by atoms with Crippen molar-refractivity contribution in [2.45, 2.75) is 13.0 Å². The van der Waals surface area contributed by atoms with Crippen LogP contribution in [0.15, 0.2) is 72.2 Å². The summed E-state index contributed by atoms with van der Waals surface area (Å²) in [7, 11) is 0. The minimum atomic E-state index is -0.457. The number of carbonyl (C=O) groups is 1. The van der Waals surface area contributed by atoms with E-state index >= 15 is 0 Å². The molecule has 0 aliphatic heterocycles. The van der Waals surface area contributed by atoms with Gasteiger partial charge >= 0.3 is 0 Å². The second-order valence-electron chi connectivity index (χ2n) is 6.41. The highest BCUT2D eigenvalue weighted by Gasteiger charge is 2.21. The molecule has 1 amide bonds. The number of aryl methyl sites for hydroxylation is 1. The number of carbonyl (C=O) groups excluding carboxylic acids is 1. The minimum absolute atomic E-state index is 0.0116. The van der Waals surface area contributed by atoms with E-state index in [-0.39, 0.29) is 23.3 Å². The molecule has 7 heteroatoms. The number of hydrogen-bond donors (Lipinski definition) is 2. The molecule has 0 saturated heterocycles. The Morgan fingerprint density at radius 2 is 1.62 bits per heavy atom. The Balaban J connectivity index is 1.63. The normalized spacial score (nSPS) is 10.8. The average molecular weight is 402 g/mol. The molecule has 0 bridgehead atoms. The van der Waals surface area contributed by atoms with Crippen LogP contribution in [0.4, 0.5) is 0 Å². The van der Waals surface area contributed by atoms with E-state index in [1.54, 1.807) is 0 Å². The quantitative estimate of drug-likeness (QED) is 0.524. The van der Waals surface area contributed by atoms with Crippen molar-refractivity contribution in [3.05, 3.63) is 93.9 Å². The van der Waals surface area contributed by atoms with Crippen molar-refractivity contribution < 1.29 is 9.90 Å². The van der Waals surface area contributed by atoms with Gasteiger partial charge in [-0.15, -0.1) is 11.3 Å². The predicted molar refractivity (Wildman–Crippen MR) is 112 cm³/mol. The lowest BCUT2D eigenvalue weighted by Gasteiger charge is -2.20. The monoisotopic (exact) mass is 402 g/mol. The fourth-order valence-corrected chi connectivity index (χ4v) is 3.57. The zero-order chi connectivity index (χ0) is 20.2. The van der Waals surface area contributed by atoms with Gasteiger partial charge in [-0.1, -0.05) is 60.7 Å². The maximum atomic E-state index is 12.9. The highest BCUT2D eigenvalue weighted by molar-refractivity contribution is 7.09. The molecule has 0 fully saturated rings. The number of nitrogens with one attached hydrogen (secondary N) is 1. The van der Waals surface area contributed by atoms with Gasteiger partial charge < -0.3 is 10.4 Å².